The maximum absolute atomic E-state index is 13.0. The van der Waals surface area contributed by atoms with E-state index in [0.29, 0.717) is 0 Å². The van der Waals surface area contributed by atoms with Crippen LogP contribution in [0.5, 0.6) is 11.5 Å². The Labute approximate surface area is 185 Å². The number of amides is 1. The number of ether oxygens (including phenoxy) is 2. The number of aromatic nitrogens is 1. The van der Waals surface area contributed by atoms with Gasteiger partial charge in [0, 0.05) is 51.0 Å². The molecular weight excluding hydrogens is 412 g/mol. The van der Waals surface area contributed by atoms with Crippen molar-refractivity contribution in [2.75, 3.05) is 63.3 Å². The third-order valence-electron chi connectivity index (χ3n) is 6.11. The highest BCUT2D eigenvalue weighted by Crippen LogP contribution is 2.35. The number of hydrogen-bond donors (Lipinski definition) is 0. The Kier molecular flexibility index (Phi) is 5.31. The molecule has 3 aromatic rings. The SMILES string of the molecule is COc1ccc(N2CCN(C(=O)C3CN(c4nc5cc(OC)ccc5s4)C3)CC2)cc1. The molecule has 0 aliphatic carbocycles. The summed E-state index contributed by atoms with van der Waals surface area (Å²) in [6.45, 7) is 4.73. The molecule has 31 heavy (non-hydrogen) atoms. The van der Waals surface area contributed by atoms with E-state index in [-0.39, 0.29) is 11.8 Å². The Hall–Kier alpha value is -3.00. The van der Waals surface area contributed by atoms with Crippen molar-refractivity contribution in [3.05, 3.63) is 42.5 Å². The molecule has 7 nitrogen and oxygen atoms in total. The highest BCUT2D eigenvalue weighted by molar-refractivity contribution is 7.22. The monoisotopic (exact) mass is 438 g/mol. The smallest absolute Gasteiger partial charge is 0.229 e. The fraction of sp³-hybridized carbons (Fsp3) is 0.391. The molecule has 0 saturated carbocycles. The number of benzene rings is 2. The Morgan fingerprint density at radius 1 is 0.935 bits per heavy atom. The van der Waals surface area contributed by atoms with Crippen LogP contribution in [-0.2, 0) is 4.79 Å². The van der Waals surface area contributed by atoms with Gasteiger partial charge in [-0.1, -0.05) is 11.3 Å². The Balaban J connectivity index is 1.15. The molecular formula is C23H26N4O3S. The second-order valence-corrected chi connectivity index (χ2v) is 8.95. The van der Waals surface area contributed by atoms with Gasteiger partial charge in [-0.05, 0) is 36.4 Å². The Morgan fingerprint density at radius 2 is 1.61 bits per heavy atom. The van der Waals surface area contributed by atoms with E-state index in [9.17, 15) is 4.79 Å². The van der Waals surface area contributed by atoms with Crippen molar-refractivity contribution >= 4 is 38.3 Å². The number of hydrogen-bond acceptors (Lipinski definition) is 7. The molecule has 0 unspecified atom stereocenters. The molecule has 1 aromatic heterocycles. The summed E-state index contributed by atoms with van der Waals surface area (Å²) in [6.07, 6.45) is 0. The number of carbonyl (C=O) groups is 1. The van der Waals surface area contributed by atoms with Gasteiger partial charge in [0.2, 0.25) is 5.91 Å². The molecule has 2 fully saturated rings. The first-order chi connectivity index (χ1) is 15.1. The van der Waals surface area contributed by atoms with Crippen molar-refractivity contribution in [2.24, 2.45) is 5.92 Å². The maximum Gasteiger partial charge on any atom is 0.229 e. The third kappa shape index (κ3) is 3.87. The van der Waals surface area contributed by atoms with Crippen LogP contribution in [0.1, 0.15) is 0 Å². The number of methoxy groups -OCH3 is 2. The van der Waals surface area contributed by atoms with Crippen molar-refractivity contribution < 1.29 is 14.3 Å². The molecule has 162 valence electrons. The van der Waals surface area contributed by atoms with Crippen molar-refractivity contribution in [2.45, 2.75) is 0 Å². The second-order valence-electron chi connectivity index (χ2n) is 7.94. The van der Waals surface area contributed by atoms with Crippen LogP contribution < -0.4 is 19.3 Å². The number of rotatable bonds is 5. The number of carbonyl (C=O) groups excluding carboxylic acids is 1. The normalized spacial score (nSPS) is 17.0. The van der Waals surface area contributed by atoms with Crippen LogP contribution >= 0.6 is 11.3 Å². The van der Waals surface area contributed by atoms with E-state index >= 15 is 0 Å². The lowest BCUT2D eigenvalue weighted by Crippen LogP contribution is -2.58. The van der Waals surface area contributed by atoms with E-state index in [4.69, 9.17) is 14.5 Å². The molecule has 1 amide bonds. The second kappa shape index (κ2) is 8.26. The zero-order valence-corrected chi connectivity index (χ0v) is 18.6. The lowest BCUT2D eigenvalue weighted by molar-refractivity contribution is -0.136. The third-order valence-corrected chi connectivity index (χ3v) is 7.21. The highest BCUT2D eigenvalue weighted by atomic mass is 32.1. The van der Waals surface area contributed by atoms with E-state index in [1.165, 1.54) is 5.69 Å². The molecule has 0 spiro atoms. The Bertz CT molecular complexity index is 1070. The summed E-state index contributed by atoms with van der Waals surface area (Å²) >= 11 is 1.67. The minimum Gasteiger partial charge on any atom is -0.497 e. The highest BCUT2D eigenvalue weighted by Gasteiger charge is 2.37. The van der Waals surface area contributed by atoms with Crippen molar-refractivity contribution in [1.29, 1.82) is 0 Å². The average molecular weight is 439 g/mol. The molecule has 2 aliphatic heterocycles. The molecule has 2 aliphatic rings. The van der Waals surface area contributed by atoms with Gasteiger partial charge >= 0.3 is 0 Å². The maximum atomic E-state index is 13.0. The van der Waals surface area contributed by atoms with E-state index in [0.717, 1.165) is 66.1 Å². The number of piperazine rings is 1. The van der Waals surface area contributed by atoms with Gasteiger partial charge < -0.3 is 24.2 Å². The Morgan fingerprint density at radius 3 is 2.29 bits per heavy atom. The first-order valence-corrected chi connectivity index (χ1v) is 11.3. The van der Waals surface area contributed by atoms with Gasteiger partial charge in [0.15, 0.2) is 5.13 Å². The molecule has 0 N–H and O–H groups in total. The molecule has 8 heteroatoms. The summed E-state index contributed by atoms with van der Waals surface area (Å²) in [6, 6.07) is 14.1. The van der Waals surface area contributed by atoms with Crippen LogP contribution in [-0.4, -0.2) is 69.3 Å². The van der Waals surface area contributed by atoms with Crippen LogP contribution in [0.25, 0.3) is 10.2 Å². The van der Waals surface area contributed by atoms with E-state index in [2.05, 4.69) is 21.9 Å². The summed E-state index contributed by atoms with van der Waals surface area (Å²) in [5, 5.41) is 0.983. The van der Waals surface area contributed by atoms with Crippen LogP contribution in [0.4, 0.5) is 10.8 Å². The van der Waals surface area contributed by atoms with Crippen LogP contribution in [0.2, 0.25) is 0 Å². The van der Waals surface area contributed by atoms with Gasteiger partial charge in [-0.25, -0.2) is 4.98 Å². The molecule has 3 heterocycles. The summed E-state index contributed by atoms with van der Waals surface area (Å²) in [5.41, 5.74) is 2.12. The summed E-state index contributed by atoms with van der Waals surface area (Å²) in [5.74, 6) is 2.01. The zero-order chi connectivity index (χ0) is 21.4. The van der Waals surface area contributed by atoms with Gasteiger partial charge in [0.05, 0.1) is 30.4 Å². The van der Waals surface area contributed by atoms with Gasteiger partial charge in [0.1, 0.15) is 11.5 Å². The van der Waals surface area contributed by atoms with Crippen LogP contribution in [0.15, 0.2) is 42.5 Å². The molecule has 0 radical (unpaired) electrons. The van der Waals surface area contributed by atoms with Crippen LogP contribution in [0, 0.1) is 5.92 Å². The van der Waals surface area contributed by atoms with E-state index in [1.54, 1.807) is 25.6 Å². The molecule has 0 atom stereocenters. The first-order valence-electron chi connectivity index (χ1n) is 10.5. The van der Waals surface area contributed by atoms with Crippen molar-refractivity contribution in [3.8, 4) is 11.5 Å². The lowest BCUT2D eigenvalue weighted by atomic mass is 9.99. The number of anilines is 2. The average Bonchev–Trinajstić information content (AvgIpc) is 3.20. The fourth-order valence-electron chi connectivity index (χ4n) is 4.18. The van der Waals surface area contributed by atoms with E-state index < -0.39 is 0 Å². The van der Waals surface area contributed by atoms with Crippen molar-refractivity contribution in [1.82, 2.24) is 9.88 Å². The van der Waals surface area contributed by atoms with Gasteiger partial charge in [-0.15, -0.1) is 0 Å². The van der Waals surface area contributed by atoms with Crippen molar-refractivity contribution in [3.63, 3.8) is 0 Å². The molecule has 5 rings (SSSR count). The first kappa shape index (κ1) is 19.9. The summed E-state index contributed by atoms with van der Waals surface area (Å²) in [4.78, 5) is 24.2. The van der Waals surface area contributed by atoms with Gasteiger partial charge in [-0.3, -0.25) is 4.79 Å². The number of nitrogens with zero attached hydrogens (tertiary/aromatic N) is 4. The quantitative estimate of drug-likeness (QED) is 0.610. The molecule has 0 bridgehead atoms. The predicted octanol–water partition coefficient (Wildman–Crippen LogP) is 3.10. The minimum absolute atomic E-state index is 0.0640. The van der Waals surface area contributed by atoms with Gasteiger partial charge in [0.25, 0.3) is 0 Å². The van der Waals surface area contributed by atoms with Crippen LogP contribution in [0.3, 0.4) is 0 Å². The largest absolute Gasteiger partial charge is 0.497 e. The fourth-order valence-corrected chi connectivity index (χ4v) is 5.15. The standard InChI is InChI=1S/C23H26N4O3S/c1-29-18-5-3-17(4-6-18)25-9-11-26(12-10-25)22(28)16-14-27(15-16)23-24-20-13-19(30-2)7-8-21(20)31-23/h3-8,13,16H,9-12,14-15H2,1-2H3. The van der Waals surface area contributed by atoms with Gasteiger partial charge in [-0.2, -0.15) is 0 Å². The topological polar surface area (TPSA) is 58.1 Å². The minimum atomic E-state index is 0.0640. The van der Waals surface area contributed by atoms with E-state index in [1.807, 2.05) is 35.2 Å². The zero-order valence-electron chi connectivity index (χ0n) is 17.8. The number of fused-ring (bicyclic) bond motifs is 1. The molecule has 2 saturated heterocycles. The lowest BCUT2D eigenvalue weighted by Gasteiger charge is -2.43. The summed E-state index contributed by atoms with van der Waals surface area (Å²) in [7, 11) is 3.34. The molecule has 2 aromatic carbocycles. The number of thiazole rings is 1. The predicted molar refractivity (Wildman–Crippen MR) is 124 cm³/mol. The summed E-state index contributed by atoms with van der Waals surface area (Å²) < 4.78 is 11.7.